The van der Waals surface area contributed by atoms with Gasteiger partial charge in [0.25, 0.3) is 0 Å². The molecule has 1 aromatic rings. The Morgan fingerprint density at radius 1 is 1.32 bits per heavy atom. The van der Waals surface area contributed by atoms with Crippen LogP contribution in [0.1, 0.15) is 30.9 Å². The van der Waals surface area contributed by atoms with Crippen molar-refractivity contribution in [3.8, 4) is 5.75 Å². The minimum Gasteiger partial charge on any atom is -0.496 e. The number of piperazine rings is 1. The molecule has 3 rings (SSSR count). The predicted octanol–water partition coefficient (Wildman–Crippen LogP) is 2.20. The largest absolute Gasteiger partial charge is 0.496 e. The van der Waals surface area contributed by atoms with Crippen LogP contribution in [-0.2, 0) is 10.2 Å². The van der Waals surface area contributed by atoms with Gasteiger partial charge in [-0.15, -0.1) is 0 Å². The van der Waals surface area contributed by atoms with E-state index in [9.17, 15) is 4.79 Å². The number of rotatable bonds is 3. The third kappa shape index (κ3) is 2.50. The molecule has 0 spiro atoms. The SMILES string of the molecule is COc1cc(C2(C(=O)N3CCN(C)CC3C)CC2)ccc1C. The second-order valence-corrected chi connectivity index (χ2v) is 6.88. The molecule has 1 aliphatic heterocycles. The van der Waals surface area contributed by atoms with Gasteiger partial charge in [0.2, 0.25) is 5.91 Å². The molecule has 2 aliphatic rings. The summed E-state index contributed by atoms with van der Waals surface area (Å²) in [6.07, 6.45) is 1.91. The number of carbonyl (C=O) groups excluding carboxylic acids is 1. The summed E-state index contributed by atoms with van der Waals surface area (Å²) in [5.74, 6) is 1.18. The highest BCUT2D eigenvalue weighted by molar-refractivity contribution is 5.91. The van der Waals surface area contributed by atoms with E-state index in [4.69, 9.17) is 4.74 Å². The molecule has 0 radical (unpaired) electrons. The first-order valence-corrected chi connectivity index (χ1v) is 8.12. The van der Waals surface area contributed by atoms with Gasteiger partial charge in [0.05, 0.1) is 12.5 Å². The molecule has 4 nitrogen and oxygen atoms in total. The number of hydrogen-bond acceptors (Lipinski definition) is 3. The lowest BCUT2D eigenvalue weighted by molar-refractivity contribution is -0.138. The van der Waals surface area contributed by atoms with Crippen LogP contribution in [-0.4, -0.2) is 55.5 Å². The van der Waals surface area contributed by atoms with Crippen molar-refractivity contribution in [2.75, 3.05) is 33.8 Å². The van der Waals surface area contributed by atoms with Crippen LogP contribution >= 0.6 is 0 Å². The highest BCUT2D eigenvalue weighted by atomic mass is 16.5. The van der Waals surface area contributed by atoms with Crippen molar-refractivity contribution in [2.45, 2.75) is 38.1 Å². The second-order valence-electron chi connectivity index (χ2n) is 6.88. The molecular formula is C18H26N2O2. The summed E-state index contributed by atoms with van der Waals surface area (Å²) in [5.41, 5.74) is 1.93. The van der Waals surface area contributed by atoms with Crippen LogP contribution in [0.3, 0.4) is 0 Å². The lowest BCUT2D eigenvalue weighted by Crippen LogP contribution is -2.55. The quantitative estimate of drug-likeness (QED) is 0.858. The summed E-state index contributed by atoms with van der Waals surface area (Å²) in [6, 6.07) is 6.51. The molecule has 2 fully saturated rings. The van der Waals surface area contributed by atoms with Crippen molar-refractivity contribution in [3.63, 3.8) is 0 Å². The Bertz CT molecular complexity index is 580. The molecule has 0 N–H and O–H groups in total. The molecular weight excluding hydrogens is 276 g/mol. The first-order chi connectivity index (χ1) is 10.5. The Hall–Kier alpha value is -1.55. The number of benzene rings is 1. The summed E-state index contributed by atoms with van der Waals surface area (Å²) in [4.78, 5) is 17.5. The maximum Gasteiger partial charge on any atom is 0.233 e. The summed E-state index contributed by atoms with van der Waals surface area (Å²) in [7, 11) is 3.81. The molecule has 4 heteroatoms. The van der Waals surface area contributed by atoms with E-state index in [0.717, 1.165) is 49.4 Å². The van der Waals surface area contributed by atoms with E-state index < -0.39 is 0 Å². The number of methoxy groups -OCH3 is 1. The lowest BCUT2D eigenvalue weighted by atomic mass is 9.92. The predicted molar refractivity (Wildman–Crippen MR) is 87.3 cm³/mol. The van der Waals surface area contributed by atoms with Crippen LogP contribution in [0.5, 0.6) is 5.75 Å². The fourth-order valence-electron chi connectivity index (χ4n) is 3.59. The third-order valence-electron chi connectivity index (χ3n) is 5.21. The summed E-state index contributed by atoms with van der Waals surface area (Å²) < 4.78 is 5.44. The van der Waals surface area contributed by atoms with E-state index in [1.165, 1.54) is 0 Å². The molecule has 22 heavy (non-hydrogen) atoms. The Balaban J connectivity index is 1.85. The standard InChI is InChI=1S/C18H26N2O2/c1-13-5-6-15(11-16(13)22-4)18(7-8-18)17(21)20-10-9-19(3)12-14(20)2/h5-6,11,14H,7-10,12H2,1-4H3. The molecule has 1 unspecified atom stereocenters. The topological polar surface area (TPSA) is 32.8 Å². The maximum atomic E-state index is 13.2. The van der Waals surface area contributed by atoms with E-state index in [1.807, 2.05) is 6.92 Å². The number of nitrogens with zero attached hydrogens (tertiary/aromatic N) is 2. The van der Waals surface area contributed by atoms with Gasteiger partial charge < -0.3 is 14.5 Å². The van der Waals surface area contributed by atoms with Gasteiger partial charge >= 0.3 is 0 Å². The number of ether oxygens (including phenoxy) is 1. The first-order valence-electron chi connectivity index (χ1n) is 8.12. The smallest absolute Gasteiger partial charge is 0.233 e. The number of likely N-dealkylation sites (N-methyl/N-ethyl adjacent to an activating group) is 1. The van der Waals surface area contributed by atoms with Gasteiger partial charge in [-0.05, 0) is 50.9 Å². The van der Waals surface area contributed by atoms with Gasteiger partial charge in [-0.3, -0.25) is 4.79 Å². The van der Waals surface area contributed by atoms with Gasteiger partial charge in [0.15, 0.2) is 0 Å². The van der Waals surface area contributed by atoms with Gasteiger partial charge in [-0.25, -0.2) is 0 Å². The highest BCUT2D eigenvalue weighted by Gasteiger charge is 2.54. The fraction of sp³-hybridized carbons (Fsp3) is 0.611. The van der Waals surface area contributed by atoms with Crippen molar-refractivity contribution in [2.24, 2.45) is 0 Å². The summed E-state index contributed by atoms with van der Waals surface area (Å²) in [6.45, 7) is 6.94. The Morgan fingerprint density at radius 2 is 2.05 bits per heavy atom. The first kappa shape index (κ1) is 15.3. The zero-order valence-corrected chi connectivity index (χ0v) is 14.1. The van der Waals surface area contributed by atoms with Crippen LogP contribution in [0.2, 0.25) is 0 Å². The summed E-state index contributed by atoms with van der Waals surface area (Å²) >= 11 is 0. The van der Waals surface area contributed by atoms with Crippen LogP contribution in [0.25, 0.3) is 0 Å². The van der Waals surface area contributed by atoms with Crippen molar-refractivity contribution in [3.05, 3.63) is 29.3 Å². The molecule has 0 bridgehead atoms. The van der Waals surface area contributed by atoms with Crippen LogP contribution < -0.4 is 4.74 Å². The molecule has 1 saturated carbocycles. The number of carbonyl (C=O) groups is 1. The van der Waals surface area contributed by atoms with Gasteiger partial charge in [-0.2, -0.15) is 0 Å². The maximum absolute atomic E-state index is 13.2. The highest BCUT2D eigenvalue weighted by Crippen LogP contribution is 2.50. The van der Waals surface area contributed by atoms with Crippen molar-refractivity contribution in [1.82, 2.24) is 9.80 Å². The molecule has 0 aromatic heterocycles. The molecule has 120 valence electrons. The lowest BCUT2D eigenvalue weighted by Gasteiger charge is -2.40. The van der Waals surface area contributed by atoms with Crippen LogP contribution in [0.4, 0.5) is 0 Å². The van der Waals surface area contributed by atoms with E-state index in [0.29, 0.717) is 5.91 Å². The van der Waals surface area contributed by atoms with Crippen molar-refractivity contribution >= 4 is 5.91 Å². The monoisotopic (exact) mass is 302 g/mol. The molecule has 1 atom stereocenters. The normalized spacial score (nSPS) is 24.2. The van der Waals surface area contributed by atoms with Gasteiger partial charge in [-0.1, -0.05) is 12.1 Å². The van der Waals surface area contributed by atoms with E-state index >= 15 is 0 Å². The number of amides is 1. The minimum atomic E-state index is -0.300. The van der Waals surface area contributed by atoms with Crippen molar-refractivity contribution < 1.29 is 9.53 Å². The Morgan fingerprint density at radius 3 is 2.64 bits per heavy atom. The van der Waals surface area contributed by atoms with E-state index in [-0.39, 0.29) is 11.5 Å². The molecule has 1 saturated heterocycles. The molecule has 1 aliphatic carbocycles. The van der Waals surface area contributed by atoms with Crippen molar-refractivity contribution in [1.29, 1.82) is 0 Å². The molecule has 1 amide bonds. The number of aryl methyl sites for hydroxylation is 1. The molecule has 1 heterocycles. The van der Waals surface area contributed by atoms with Crippen LogP contribution in [0, 0.1) is 6.92 Å². The second kappa shape index (κ2) is 5.58. The zero-order valence-electron chi connectivity index (χ0n) is 14.1. The zero-order chi connectivity index (χ0) is 15.9. The van der Waals surface area contributed by atoms with Crippen LogP contribution in [0.15, 0.2) is 18.2 Å². The minimum absolute atomic E-state index is 0.288. The Kier molecular flexibility index (Phi) is 3.89. The van der Waals surface area contributed by atoms with Gasteiger partial charge in [0, 0.05) is 25.7 Å². The van der Waals surface area contributed by atoms with Gasteiger partial charge in [0.1, 0.15) is 5.75 Å². The Labute approximate surface area is 133 Å². The fourth-order valence-corrected chi connectivity index (χ4v) is 3.59. The average molecular weight is 302 g/mol. The van der Waals surface area contributed by atoms with E-state index in [1.54, 1.807) is 7.11 Å². The average Bonchev–Trinajstić information content (AvgIpc) is 3.29. The third-order valence-corrected chi connectivity index (χ3v) is 5.21. The summed E-state index contributed by atoms with van der Waals surface area (Å²) in [5, 5.41) is 0. The number of hydrogen-bond donors (Lipinski definition) is 0. The molecule has 1 aromatic carbocycles. The van der Waals surface area contributed by atoms with E-state index in [2.05, 4.69) is 42.0 Å².